The van der Waals surface area contributed by atoms with Gasteiger partial charge in [0.15, 0.2) is 15.5 Å². The molecule has 0 aliphatic heterocycles. The number of phenols is 1. The van der Waals surface area contributed by atoms with Crippen LogP contribution in [0.15, 0.2) is 23.2 Å². The molecule has 5 nitrogen and oxygen atoms in total. The number of hydrogen-bond acceptors (Lipinski definition) is 6. The second kappa shape index (κ2) is 5.07. The summed E-state index contributed by atoms with van der Waals surface area (Å²) in [6.07, 6.45) is 1.63. The Bertz CT molecular complexity index is 604. The summed E-state index contributed by atoms with van der Waals surface area (Å²) in [4.78, 5) is 4.15. The van der Waals surface area contributed by atoms with E-state index in [9.17, 15) is 5.11 Å². The number of aliphatic imine (C=N–C) groups is 1. The number of hydrogen-bond donors (Lipinski definition) is 2. The molecule has 0 saturated carbocycles. The van der Waals surface area contributed by atoms with Crippen molar-refractivity contribution in [1.29, 1.82) is 0 Å². The van der Waals surface area contributed by atoms with Crippen LogP contribution in [-0.4, -0.2) is 28.6 Å². The van der Waals surface area contributed by atoms with Crippen LogP contribution in [0.5, 0.6) is 11.5 Å². The zero-order chi connectivity index (χ0) is 12.3. The lowest BCUT2D eigenvalue weighted by atomic mass is 10.2. The molecule has 0 spiro atoms. The highest BCUT2D eigenvalue weighted by molar-refractivity contribution is 7.73. The lowest BCUT2D eigenvalue weighted by Gasteiger charge is -2.02. The summed E-state index contributed by atoms with van der Waals surface area (Å²) in [5, 5.41) is 16.5. The van der Waals surface area contributed by atoms with Crippen molar-refractivity contribution in [3.8, 4) is 11.5 Å². The normalized spacial score (nSPS) is 10.9. The van der Waals surface area contributed by atoms with Crippen molar-refractivity contribution in [2.45, 2.75) is 0 Å². The van der Waals surface area contributed by atoms with E-state index >= 15 is 0 Å². The van der Waals surface area contributed by atoms with Gasteiger partial charge in [-0.25, -0.2) is 4.99 Å². The zero-order valence-corrected chi connectivity index (χ0v) is 10.5. The van der Waals surface area contributed by atoms with Crippen LogP contribution in [0.25, 0.3) is 0 Å². The summed E-state index contributed by atoms with van der Waals surface area (Å²) < 4.78 is 5.58. The van der Waals surface area contributed by atoms with Crippen LogP contribution in [0, 0.1) is 3.95 Å². The number of phenolic OH excluding ortho intramolecular Hbond substituents is 1. The smallest absolute Gasteiger partial charge is 0.230 e. The summed E-state index contributed by atoms with van der Waals surface area (Å²) >= 11 is 6.18. The Kier molecular flexibility index (Phi) is 3.50. The van der Waals surface area contributed by atoms with Crippen LogP contribution < -0.4 is 4.74 Å². The maximum atomic E-state index is 9.42. The number of H-pyrrole nitrogens is 1. The average molecular weight is 267 g/mol. The number of benzene rings is 1. The SMILES string of the molecule is COc1cc(/C=N/c2n[nH]c(=S)s2)ccc1O. The molecule has 1 aromatic heterocycles. The first-order valence-electron chi connectivity index (χ1n) is 4.65. The van der Waals surface area contributed by atoms with E-state index < -0.39 is 0 Å². The van der Waals surface area contributed by atoms with E-state index in [4.69, 9.17) is 17.0 Å². The van der Waals surface area contributed by atoms with Gasteiger partial charge in [-0.3, -0.25) is 5.10 Å². The summed E-state index contributed by atoms with van der Waals surface area (Å²) in [6.45, 7) is 0. The van der Waals surface area contributed by atoms with Gasteiger partial charge in [0.25, 0.3) is 0 Å². The molecule has 88 valence electrons. The number of ether oxygens (including phenoxy) is 1. The summed E-state index contributed by atoms with van der Waals surface area (Å²) in [5.41, 5.74) is 0.806. The van der Waals surface area contributed by atoms with E-state index in [2.05, 4.69) is 15.2 Å². The summed E-state index contributed by atoms with van der Waals surface area (Å²) in [6, 6.07) is 4.96. The van der Waals surface area contributed by atoms with Gasteiger partial charge in [-0.05, 0) is 36.0 Å². The van der Waals surface area contributed by atoms with Gasteiger partial charge >= 0.3 is 0 Å². The Hall–Kier alpha value is -1.73. The van der Waals surface area contributed by atoms with Crippen molar-refractivity contribution in [3.63, 3.8) is 0 Å². The van der Waals surface area contributed by atoms with Crippen molar-refractivity contribution in [3.05, 3.63) is 27.7 Å². The van der Waals surface area contributed by atoms with Gasteiger partial charge in [-0.15, -0.1) is 5.10 Å². The van der Waals surface area contributed by atoms with Crippen LogP contribution in [0.3, 0.4) is 0 Å². The molecule has 0 amide bonds. The largest absolute Gasteiger partial charge is 0.504 e. The maximum Gasteiger partial charge on any atom is 0.230 e. The fourth-order valence-corrected chi connectivity index (χ4v) is 1.90. The molecule has 0 aliphatic rings. The molecule has 0 aliphatic carbocycles. The highest BCUT2D eigenvalue weighted by Crippen LogP contribution is 2.25. The third kappa shape index (κ3) is 2.89. The van der Waals surface area contributed by atoms with Gasteiger partial charge in [-0.2, -0.15) is 0 Å². The van der Waals surface area contributed by atoms with Gasteiger partial charge < -0.3 is 9.84 Å². The fourth-order valence-electron chi connectivity index (χ4n) is 1.18. The minimum absolute atomic E-state index is 0.0973. The van der Waals surface area contributed by atoms with Crippen LogP contribution in [0.4, 0.5) is 5.13 Å². The van der Waals surface area contributed by atoms with Crippen molar-refractivity contribution < 1.29 is 9.84 Å². The molecule has 2 rings (SSSR count). The number of nitrogens with one attached hydrogen (secondary N) is 1. The molecule has 17 heavy (non-hydrogen) atoms. The van der Waals surface area contributed by atoms with E-state index in [1.165, 1.54) is 18.4 Å². The molecule has 0 saturated heterocycles. The van der Waals surface area contributed by atoms with E-state index in [0.29, 0.717) is 14.8 Å². The molecular weight excluding hydrogens is 258 g/mol. The Morgan fingerprint density at radius 2 is 2.41 bits per heavy atom. The number of aromatic hydroxyl groups is 1. The lowest BCUT2D eigenvalue weighted by molar-refractivity contribution is 0.373. The topological polar surface area (TPSA) is 70.5 Å². The lowest BCUT2D eigenvalue weighted by Crippen LogP contribution is -1.86. The van der Waals surface area contributed by atoms with Crippen molar-refractivity contribution in [2.24, 2.45) is 4.99 Å². The second-order valence-corrected chi connectivity index (χ2v) is 4.73. The summed E-state index contributed by atoms with van der Waals surface area (Å²) in [7, 11) is 1.50. The molecule has 0 bridgehead atoms. The molecule has 0 fully saturated rings. The Balaban J connectivity index is 2.24. The van der Waals surface area contributed by atoms with Crippen molar-refractivity contribution >= 4 is 34.9 Å². The van der Waals surface area contributed by atoms with Crippen molar-refractivity contribution in [2.75, 3.05) is 7.11 Å². The predicted molar refractivity (Wildman–Crippen MR) is 69.2 cm³/mol. The number of aromatic nitrogens is 2. The number of rotatable bonds is 3. The molecule has 0 radical (unpaired) electrons. The van der Waals surface area contributed by atoms with Gasteiger partial charge in [0.05, 0.1) is 7.11 Å². The highest BCUT2D eigenvalue weighted by Gasteiger charge is 2.01. The van der Waals surface area contributed by atoms with Gasteiger partial charge in [0.2, 0.25) is 5.13 Å². The van der Waals surface area contributed by atoms with Crippen LogP contribution >= 0.6 is 23.6 Å². The Labute approximate surface area is 106 Å². The highest BCUT2D eigenvalue weighted by atomic mass is 32.1. The first-order chi connectivity index (χ1) is 8.19. The fraction of sp³-hybridized carbons (Fsp3) is 0.100. The van der Waals surface area contributed by atoms with E-state index in [1.807, 2.05) is 0 Å². The number of aromatic amines is 1. The summed E-state index contributed by atoms with van der Waals surface area (Å²) in [5.74, 6) is 0.503. The molecule has 2 aromatic rings. The Morgan fingerprint density at radius 3 is 3.06 bits per heavy atom. The molecule has 7 heteroatoms. The molecular formula is C10H9N3O2S2. The average Bonchev–Trinajstić information content (AvgIpc) is 2.74. The van der Waals surface area contributed by atoms with Crippen molar-refractivity contribution in [1.82, 2.24) is 10.2 Å². The third-order valence-corrected chi connectivity index (χ3v) is 2.95. The maximum absolute atomic E-state index is 9.42. The molecule has 0 unspecified atom stereocenters. The second-order valence-electron chi connectivity index (χ2n) is 3.09. The molecule has 1 heterocycles. The molecule has 2 N–H and O–H groups in total. The minimum Gasteiger partial charge on any atom is -0.504 e. The van der Waals surface area contributed by atoms with Crippen LogP contribution in [0.1, 0.15) is 5.56 Å². The molecule has 1 aromatic carbocycles. The van der Waals surface area contributed by atoms with Crippen LogP contribution in [0.2, 0.25) is 0 Å². The number of methoxy groups -OCH3 is 1. The van der Waals surface area contributed by atoms with Gasteiger partial charge in [0, 0.05) is 6.21 Å². The molecule has 0 atom stereocenters. The predicted octanol–water partition coefficient (Wildman–Crippen LogP) is 2.67. The van der Waals surface area contributed by atoms with Gasteiger partial charge in [-0.1, -0.05) is 11.3 Å². The third-order valence-electron chi connectivity index (χ3n) is 1.95. The number of nitrogens with zero attached hydrogens (tertiary/aromatic N) is 2. The van der Waals surface area contributed by atoms with Crippen LogP contribution in [-0.2, 0) is 0 Å². The van der Waals surface area contributed by atoms with E-state index in [0.717, 1.165) is 5.56 Å². The van der Waals surface area contributed by atoms with E-state index in [-0.39, 0.29) is 5.75 Å². The monoisotopic (exact) mass is 267 g/mol. The standard InChI is InChI=1S/C10H9N3O2S2/c1-15-8-4-6(2-3-7(8)14)5-11-9-12-13-10(16)17-9/h2-5,14H,1H3,(H,13,16)/b11-5+. The minimum atomic E-state index is 0.0973. The van der Waals surface area contributed by atoms with E-state index in [1.54, 1.807) is 24.4 Å². The zero-order valence-electron chi connectivity index (χ0n) is 8.88. The quantitative estimate of drug-likeness (QED) is 0.662. The first-order valence-corrected chi connectivity index (χ1v) is 5.88. The Morgan fingerprint density at radius 1 is 1.59 bits per heavy atom. The first kappa shape index (κ1) is 11.7. The van der Waals surface area contributed by atoms with Gasteiger partial charge in [0.1, 0.15) is 0 Å².